The van der Waals surface area contributed by atoms with Crippen molar-refractivity contribution in [2.24, 2.45) is 0 Å². The van der Waals surface area contributed by atoms with Gasteiger partial charge in [-0.3, -0.25) is 24.6 Å². The molecule has 10 heteroatoms. The monoisotopic (exact) mass is 660 g/mol. The Morgan fingerprint density at radius 1 is 0.878 bits per heavy atom. The number of nitrogens with zero attached hydrogens (tertiary/aromatic N) is 3. The van der Waals surface area contributed by atoms with E-state index in [4.69, 9.17) is 4.74 Å². The maximum absolute atomic E-state index is 15.8. The molecule has 0 aromatic heterocycles. The molecule has 2 N–H and O–H groups in total. The fourth-order valence-corrected chi connectivity index (χ4v) is 7.87. The molecule has 4 aliphatic heterocycles. The topological polar surface area (TPSA) is 102 Å². The van der Waals surface area contributed by atoms with E-state index in [9.17, 15) is 19.5 Å². The molecule has 2 fully saturated rings. The Morgan fingerprint density at radius 3 is 2.41 bits per heavy atom. The number of nitrogens with one attached hydrogen (secondary N) is 1. The number of carbonyl (C=O) groups is 3. The third-order valence-electron chi connectivity index (χ3n) is 10.5. The lowest BCUT2D eigenvalue weighted by atomic mass is 9.76. The van der Waals surface area contributed by atoms with Crippen molar-refractivity contribution in [1.29, 1.82) is 0 Å². The van der Waals surface area contributed by atoms with Gasteiger partial charge in [-0.05, 0) is 41.8 Å². The number of hydrogen-bond donors (Lipinski definition) is 2. The van der Waals surface area contributed by atoms with Crippen LogP contribution in [0.3, 0.4) is 0 Å². The van der Waals surface area contributed by atoms with Gasteiger partial charge < -0.3 is 19.6 Å². The second-order valence-corrected chi connectivity index (χ2v) is 13.3. The Hall–Kier alpha value is -5.22. The van der Waals surface area contributed by atoms with Crippen LogP contribution in [-0.2, 0) is 22.7 Å². The number of phenols is 1. The largest absolute Gasteiger partial charge is 0.508 e. The second kappa shape index (κ2) is 12.7. The summed E-state index contributed by atoms with van der Waals surface area (Å²) in [6, 6.07) is 27.1. The van der Waals surface area contributed by atoms with Crippen LogP contribution in [0, 0.1) is 5.82 Å². The fourth-order valence-electron chi connectivity index (χ4n) is 7.87. The van der Waals surface area contributed by atoms with Crippen LogP contribution in [0.25, 0.3) is 0 Å². The average Bonchev–Trinajstić information content (AvgIpc) is 3.46. The highest BCUT2D eigenvalue weighted by Crippen LogP contribution is 2.47. The highest BCUT2D eigenvalue weighted by Gasteiger charge is 2.41. The van der Waals surface area contributed by atoms with E-state index in [0.29, 0.717) is 24.3 Å². The van der Waals surface area contributed by atoms with Crippen molar-refractivity contribution in [3.8, 4) is 11.5 Å². The van der Waals surface area contributed by atoms with Crippen LogP contribution in [0.5, 0.6) is 11.5 Å². The summed E-state index contributed by atoms with van der Waals surface area (Å²) in [5, 5.41) is 12.4. The highest BCUT2D eigenvalue weighted by atomic mass is 19.1. The Bertz CT molecular complexity index is 1930. The third-order valence-corrected chi connectivity index (χ3v) is 10.5. The summed E-state index contributed by atoms with van der Waals surface area (Å²) in [6.45, 7) is 4.07. The number of amides is 3. The number of piperazine rings is 1. The molecule has 0 spiro atoms. The first-order valence-corrected chi connectivity index (χ1v) is 16.9. The molecule has 0 saturated carbocycles. The van der Waals surface area contributed by atoms with Gasteiger partial charge in [0.25, 0.3) is 5.91 Å². The number of carbonyl (C=O) groups excluding carboxylic acids is 3. The quantitative estimate of drug-likeness (QED) is 0.283. The maximum atomic E-state index is 15.8. The Kier molecular flexibility index (Phi) is 8.03. The minimum atomic E-state index is -0.769. The zero-order chi connectivity index (χ0) is 33.6. The summed E-state index contributed by atoms with van der Waals surface area (Å²) in [6.07, 6.45) is 0.403. The lowest BCUT2D eigenvalue weighted by molar-refractivity contribution is -0.136. The minimum absolute atomic E-state index is 0.0257. The lowest BCUT2D eigenvalue weighted by Gasteiger charge is -2.37. The third kappa shape index (κ3) is 5.80. The molecule has 49 heavy (non-hydrogen) atoms. The summed E-state index contributed by atoms with van der Waals surface area (Å²) >= 11 is 0. The summed E-state index contributed by atoms with van der Waals surface area (Å²) in [7, 11) is 0. The number of fused-ring (bicyclic) bond motifs is 2. The van der Waals surface area contributed by atoms with E-state index in [-0.39, 0.29) is 54.3 Å². The van der Waals surface area contributed by atoms with E-state index in [1.165, 1.54) is 16.0 Å². The van der Waals surface area contributed by atoms with Crippen LogP contribution >= 0.6 is 0 Å². The molecule has 9 nitrogen and oxygen atoms in total. The number of piperidine rings is 1. The Labute approximate surface area is 283 Å². The van der Waals surface area contributed by atoms with Gasteiger partial charge in [0.1, 0.15) is 23.4 Å². The zero-order valence-electron chi connectivity index (χ0n) is 27.0. The van der Waals surface area contributed by atoms with Gasteiger partial charge in [-0.15, -0.1) is 0 Å². The first kappa shape index (κ1) is 31.1. The molecule has 250 valence electrons. The number of aromatic hydroxyl groups is 1. The van der Waals surface area contributed by atoms with E-state index in [1.54, 1.807) is 24.3 Å². The minimum Gasteiger partial charge on any atom is -0.508 e. The first-order chi connectivity index (χ1) is 23.8. The molecule has 3 atom stereocenters. The van der Waals surface area contributed by atoms with Crippen LogP contribution in [0.15, 0.2) is 84.9 Å². The van der Waals surface area contributed by atoms with Gasteiger partial charge in [-0.25, -0.2) is 4.39 Å². The summed E-state index contributed by atoms with van der Waals surface area (Å²) < 4.78 is 21.9. The molecule has 4 aromatic carbocycles. The zero-order valence-corrected chi connectivity index (χ0v) is 27.0. The van der Waals surface area contributed by atoms with Crippen molar-refractivity contribution in [3.05, 3.63) is 124 Å². The first-order valence-electron chi connectivity index (χ1n) is 16.9. The maximum Gasteiger partial charge on any atom is 0.255 e. The van der Waals surface area contributed by atoms with Crippen LogP contribution in [-0.4, -0.2) is 71.5 Å². The van der Waals surface area contributed by atoms with Crippen molar-refractivity contribution in [3.63, 3.8) is 0 Å². The van der Waals surface area contributed by atoms with Gasteiger partial charge in [0.2, 0.25) is 11.8 Å². The molecule has 0 radical (unpaired) electrons. The summed E-state index contributed by atoms with van der Waals surface area (Å²) in [5.74, 6) is -0.500. The SMILES string of the molecule is O=C1CCC(N2Cc3c(ccc(CN4CCN(c5ccc([C@H]6c7ccc(O)cc7OC[C@H]6c6ccccc6)cc5)CC4)c3F)C2=O)C(=O)N1. The Morgan fingerprint density at radius 2 is 1.65 bits per heavy atom. The van der Waals surface area contributed by atoms with Gasteiger partial charge in [0.05, 0.1) is 13.2 Å². The van der Waals surface area contributed by atoms with Gasteiger partial charge in [-0.2, -0.15) is 0 Å². The van der Waals surface area contributed by atoms with Crippen molar-refractivity contribution >= 4 is 23.4 Å². The van der Waals surface area contributed by atoms with E-state index in [0.717, 1.165) is 43.2 Å². The fraction of sp³-hybridized carbons (Fsp3) is 0.308. The molecule has 0 bridgehead atoms. The number of ether oxygens (including phenoxy) is 1. The van der Waals surface area contributed by atoms with E-state index >= 15 is 4.39 Å². The van der Waals surface area contributed by atoms with Crippen LogP contribution in [0.2, 0.25) is 0 Å². The van der Waals surface area contributed by atoms with Crippen molar-refractivity contribution in [1.82, 2.24) is 15.1 Å². The second-order valence-electron chi connectivity index (χ2n) is 13.3. The number of imide groups is 1. The van der Waals surface area contributed by atoms with Crippen LogP contribution in [0.4, 0.5) is 10.1 Å². The predicted octanol–water partition coefficient (Wildman–Crippen LogP) is 4.92. The van der Waals surface area contributed by atoms with Crippen molar-refractivity contribution in [2.45, 2.75) is 43.8 Å². The number of hydrogen-bond acceptors (Lipinski definition) is 7. The normalized spacial score (nSPS) is 22.4. The molecule has 2 saturated heterocycles. The summed E-state index contributed by atoms with van der Waals surface area (Å²) in [4.78, 5) is 43.0. The van der Waals surface area contributed by atoms with E-state index in [1.807, 2.05) is 12.1 Å². The molecule has 1 unspecified atom stereocenters. The molecule has 4 heterocycles. The molecule has 0 aliphatic carbocycles. The number of benzene rings is 4. The Balaban J connectivity index is 0.934. The van der Waals surface area contributed by atoms with E-state index < -0.39 is 17.8 Å². The number of phenolic OH excluding ortho intramolecular Hbond substituents is 1. The molecular weight excluding hydrogens is 623 g/mol. The number of rotatable bonds is 6. The van der Waals surface area contributed by atoms with Gasteiger partial charge in [-0.1, -0.05) is 54.6 Å². The van der Waals surface area contributed by atoms with Crippen molar-refractivity contribution in [2.75, 3.05) is 37.7 Å². The molecule has 3 amide bonds. The van der Waals surface area contributed by atoms with Gasteiger partial charge >= 0.3 is 0 Å². The molecule has 8 rings (SSSR count). The van der Waals surface area contributed by atoms with Crippen LogP contribution in [0.1, 0.15) is 62.9 Å². The smallest absolute Gasteiger partial charge is 0.255 e. The van der Waals surface area contributed by atoms with Crippen LogP contribution < -0.4 is 15.0 Å². The number of anilines is 1. The molecule has 4 aromatic rings. The van der Waals surface area contributed by atoms with Crippen molar-refractivity contribution < 1.29 is 28.6 Å². The molecule has 4 aliphatic rings. The predicted molar refractivity (Wildman–Crippen MR) is 181 cm³/mol. The average molecular weight is 661 g/mol. The lowest BCUT2D eigenvalue weighted by Crippen LogP contribution is -2.52. The standard InChI is InChI=1S/C39H37FN4O5/c40-37-26(8-12-29-31(37)22-44(39(29)48)33-14-15-35(46)41-38(33)47)21-42-16-18-43(19-17-42)27-9-6-25(7-10-27)36-30-13-11-28(45)20-34(30)49-23-32(36)24-4-2-1-3-5-24/h1-13,20,32-33,36,45H,14-19,21-23H2,(H,41,46,47)/t32-,33?,36-/m0/s1. The van der Waals surface area contributed by atoms with Gasteiger partial charge in [0, 0.05) is 85.0 Å². The highest BCUT2D eigenvalue weighted by molar-refractivity contribution is 6.05. The van der Waals surface area contributed by atoms with E-state index in [2.05, 4.69) is 63.6 Å². The van der Waals surface area contributed by atoms with Gasteiger partial charge in [0.15, 0.2) is 0 Å². The number of halogens is 1. The summed E-state index contributed by atoms with van der Waals surface area (Å²) in [5.41, 5.74) is 5.74. The molecular formula is C39H37FN4O5.